The predicted octanol–water partition coefficient (Wildman–Crippen LogP) is 4.17. The molecule has 13 nitrogen and oxygen atoms in total. The topological polar surface area (TPSA) is 124 Å². The van der Waals surface area contributed by atoms with Gasteiger partial charge in [0.25, 0.3) is 11.8 Å². The average molecular weight is 751 g/mol. The number of aryl methyl sites for hydroxylation is 2. The number of nitrogens with one attached hydrogen (secondary N) is 1. The number of piperidine rings is 1. The summed E-state index contributed by atoms with van der Waals surface area (Å²) in [6, 6.07) is 0.443. The van der Waals surface area contributed by atoms with Gasteiger partial charge >= 0.3 is 0 Å². The highest BCUT2D eigenvalue weighted by Crippen LogP contribution is 2.37. The summed E-state index contributed by atoms with van der Waals surface area (Å²) in [6.07, 6.45) is 7.56. The fourth-order valence-corrected chi connectivity index (χ4v) is 9.04. The first-order chi connectivity index (χ1) is 24.6. The molecule has 6 aliphatic rings. The molecule has 0 aliphatic carbocycles. The molecule has 2 aromatic heterocycles. The number of likely N-dealkylation sites (tertiary alicyclic amines) is 2. The van der Waals surface area contributed by atoms with E-state index in [0.717, 1.165) is 115 Å². The SMILES string of the molecule is CC.CC.CN1CCCn2nc(C(=O)N3CC4CCCNC4C3)c(Cl)c2C1.CN1CCCn2nc(C(=O)N3CCC4(CCCN4N)C3)c(Cl)c2C1. The van der Waals surface area contributed by atoms with Crippen molar-refractivity contribution < 1.29 is 9.59 Å². The van der Waals surface area contributed by atoms with Gasteiger partial charge < -0.3 is 24.9 Å². The summed E-state index contributed by atoms with van der Waals surface area (Å²) in [5.74, 6) is 6.68. The van der Waals surface area contributed by atoms with Crippen molar-refractivity contribution in [1.29, 1.82) is 0 Å². The van der Waals surface area contributed by atoms with Crippen LogP contribution in [0.4, 0.5) is 0 Å². The molecule has 286 valence electrons. The van der Waals surface area contributed by atoms with Gasteiger partial charge in [-0.3, -0.25) is 24.8 Å². The second kappa shape index (κ2) is 17.7. The van der Waals surface area contributed by atoms with E-state index < -0.39 is 0 Å². The fraction of sp³-hybridized carbons (Fsp3) is 0.778. The van der Waals surface area contributed by atoms with Gasteiger partial charge in [0.05, 0.1) is 27.0 Å². The average Bonchev–Trinajstić information content (AvgIpc) is 3.93. The van der Waals surface area contributed by atoms with E-state index >= 15 is 0 Å². The molecule has 4 saturated heterocycles. The number of fused-ring (bicyclic) bond motifs is 3. The van der Waals surface area contributed by atoms with Crippen LogP contribution in [0.1, 0.15) is 105 Å². The molecule has 15 heteroatoms. The van der Waals surface area contributed by atoms with Crippen molar-refractivity contribution in [1.82, 2.24) is 49.5 Å². The molecule has 3 unspecified atom stereocenters. The minimum atomic E-state index is -0.0552. The second-order valence-corrected chi connectivity index (χ2v) is 15.3. The number of hydrogen-bond acceptors (Lipinski definition) is 9. The Morgan fingerprint density at radius 1 is 0.745 bits per heavy atom. The lowest BCUT2D eigenvalue weighted by Gasteiger charge is -2.31. The van der Waals surface area contributed by atoms with E-state index in [1.165, 1.54) is 12.8 Å². The Morgan fingerprint density at radius 2 is 1.31 bits per heavy atom. The molecule has 8 rings (SSSR count). The maximum atomic E-state index is 13.0. The zero-order valence-corrected chi connectivity index (χ0v) is 33.3. The number of nitrogens with two attached hydrogens (primary N) is 1. The van der Waals surface area contributed by atoms with Crippen LogP contribution < -0.4 is 11.2 Å². The third kappa shape index (κ3) is 8.45. The van der Waals surface area contributed by atoms with Crippen LogP contribution in [-0.4, -0.2) is 134 Å². The van der Waals surface area contributed by atoms with Gasteiger partial charge in [-0.15, -0.1) is 0 Å². The molecule has 0 bridgehead atoms. The zero-order chi connectivity index (χ0) is 36.9. The first-order valence-electron chi connectivity index (χ1n) is 19.4. The molecule has 3 atom stereocenters. The smallest absolute Gasteiger partial charge is 0.275 e. The molecule has 2 amide bonds. The van der Waals surface area contributed by atoms with Crippen LogP contribution in [0.3, 0.4) is 0 Å². The highest BCUT2D eigenvalue weighted by Gasteiger charge is 2.47. The van der Waals surface area contributed by atoms with Crippen molar-refractivity contribution in [2.45, 2.75) is 110 Å². The van der Waals surface area contributed by atoms with Gasteiger partial charge in [0.2, 0.25) is 0 Å². The Balaban J connectivity index is 0.000000181. The monoisotopic (exact) mass is 749 g/mol. The lowest BCUT2D eigenvalue weighted by atomic mass is 9.94. The van der Waals surface area contributed by atoms with Crippen LogP contribution in [0, 0.1) is 5.92 Å². The van der Waals surface area contributed by atoms with Gasteiger partial charge in [-0.25, -0.2) is 5.01 Å². The van der Waals surface area contributed by atoms with Crippen LogP contribution in [0.5, 0.6) is 0 Å². The van der Waals surface area contributed by atoms with Crippen LogP contribution in [-0.2, 0) is 26.2 Å². The standard InChI is InChI=1S/C16H25ClN6O.C16H24ClN5O.2C2H6/c1-20-6-3-7-22-12(10-20)13(17)14(19-22)15(24)21-9-5-16(11-21)4-2-8-23(16)18;1-20-6-3-7-22-13(10-20)14(17)15(19-22)16(23)21-8-11-4-2-5-18-12(11)9-21;2*1-2/h2-11,18H2,1H3;11-12,18H,2-10H2,1H3;2*1-2H3. The number of halogens is 2. The van der Waals surface area contributed by atoms with Crippen molar-refractivity contribution in [3.8, 4) is 0 Å². The van der Waals surface area contributed by atoms with E-state index in [0.29, 0.717) is 39.9 Å². The van der Waals surface area contributed by atoms with Gasteiger partial charge in [0.1, 0.15) is 0 Å². The number of nitrogens with zero attached hydrogens (tertiary/aromatic N) is 9. The van der Waals surface area contributed by atoms with Gasteiger partial charge in [0.15, 0.2) is 11.4 Å². The van der Waals surface area contributed by atoms with E-state index in [2.05, 4.69) is 39.4 Å². The van der Waals surface area contributed by atoms with Crippen LogP contribution in [0.15, 0.2) is 0 Å². The van der Waals surface area contributed by atoms with Crippen LogP contribution in [0.25, 0.3) is 0 Å². The van der Waals surface area contributed by atoms with Crippen molar-refractivity contribution in [2.75, 3.05) is 66.5 Å². The van der Waals surface area contributed by atoms with E-state index in [-0.39, 0.29) is 17.4 Å². The van der Waals surface area contributed by atoms with E-state index in [1.54, 1.807) is 0 Å². The van der Waals surface area contributed by atoms with Gasteiger partial charge in [-0.05, 0) is 71.5 Å². The summed E-state index contributed by atoms with van der Waals surface area (Å²) in [5, 5.41) is 15.6. The third-order valence-electron chi connectivity index (χ3n) is 11.2. The number of hydrogen-bond donors (Lipinski definition) is 2. The highest BCUT2D eigenvalue weighted by atomic mass is 35.5. The Kier molecular flexibility index (Phi) is 13.9. The number of aromatic nitrogens is 4. The molecule has 2 aromatic rings. The van der Waals surface area contributed by atoms with Crippen molar-refractivity contribution in [3.05, 3.63) is 32.8 Å². The van der Waals surface area contributed by atoms with Crippen molar-refractivity contribution in [2.24, 2.45) is 11.8 Å². The Hall–Kier alpha value is -2.26. The Labute approximate surface area is 314 Å². The third-order valence-corrected chi connectivity index (χ3v) is 12.0. The number of carbonyl (C=O) groups is 2. The molecule has 1 spiro atoms. The van der Waals surface area contributed by atoms with Gasteiger partial charge in [-0.2, -0.15) is 10.2 Å². The first kappa shape index (κ1) is 39.9. The van der Waals surface area contributed by atoms with E-state index in [9.17, 15) is 9.59 Å². The molecule has 4 fully saturated rings. The predicted molar refractivity (Wildman–Crippen MR) is 203 cm³/mol. The van der Waals surface area contributed by atoms with Crippen molar-refractivity contribution in [3.63, 3.8) is 0 Å². The lowest BCUT2D eigenvalue weighted by molar-refractivity contribution is 0.0740. The zero-order valence-electron chi connectivity index (χ0n) is 31.8. The summed E-state index contributed by atoms with van der Waals surface area (Å²) in [4.78, 5) is 34.2. The minimum Gasteiger partial charge on any atom is -0.335 e. The van der Waals surface area contributed by atoms with Gasteiger partial charge in [0, 0.05) is 78.0 Å². The van der Waals surface area contributed by atoms with Crippen molar-refractivity contribution >= 4 is 35.0 Å². The molecule has 0 radical (unpaired) electrons. The molecule has 6 aliphatic heterocycles. The molecular weight excluding hydrogens is 689 g/mol. The molecule has 0 saturated carbocycles. The van der Waals surface area contributed by atoms with E-state index in [1.807, 2.05) is 51.9 Å². The number of carbonyl (C=O) groups excluding carboxylic acids is 2. The number of amides is 2. The maximum Gasteiger partial charge on any atom is 0.275 e. The highest BCUT2D eigenvalue weighted by molar-refractivity contribution is 6.34. The first-order valence-corrected chi connectivity index (χ1v) is 20.1. The lowest BCUT2D eigenvalue weighted by Crippen LogP contribution is -2.50. The quantitative estimate of drug-likeness (QED) is 0.436. The second-order valence-electron chi connectivity index (χ2n) is 14.5. The number of hydrazine groups is 1. The van der Waals surface area contributed by atoms with Crippen LogP contribution in [0.2, 0.25) is 10.0 Å². The fourth-order valence-electron chi connectivity index (χ4n) is 8.49. The summed E-state index contributed by atoms with van der Waals surface area (Å²) >= 11 is 13.1. The summed E-state index contributed by atoms with van der Waals surface area (Å²) in [6.45, 7) is 18.2. The normalized spacial score (nSPS) is 26.5. The molecule has 51 heavy (non-hydrogen) atoms. The van der Waals surface area contributed by atoms with Gasteiger partial charge in [-0.1, -0.05) is 50.9 Å². The largest absolute Gasteiger partial charge is 0.335 e. The van der Waals surface area contributed by atoms with E-state index in [4.69, 9.17) is 29.0 Å². The molecule has 0 aromatic carbocycles. The molecular formula is C36H61Cl2N11O2. The summed E-state index contributed by atoms with van der Waals surface area (Å²) < 4.78 is 3.84. The summed E-state index contributed by atoms with van der Waals surface area (Å²) in [5.41, 5.74) is 2.73. The molecule has 3 N–H and O–H groups in total. The molecule has 8 heterocycles. The maximum absolute atomic E-state index is 13.0. The summed E-state index contributed by atoms with van der Waals surface area (Å²) in [7, 11) is 4.15. The van der Waals surface area contributed by atoms with Crippen LogP contribution >= 0.6 is 23.2 Å². The number of rotatable bonds is 2. The Morgan fingerprint density at radius 3 is 1.84 bits per heavy atom. The minimum absolute atomic E-state index is 0.00516. The Bertz CT molecular complexity index is 1480.